The van der Waals surface area contributed by atoms with E-state index in [1.807, 2.05) is 6.92 Å². The molecule has 0 unspecified atom stereocenters. The van der Waals surface area contributed by atoms with E-state index in [0.717, 1.165) is 18.6 Å². The number of carbonyl (C=O) groups excluding carboxylic acids is 1. The summed E-state index contributed by atoms with van der Waals surface area (Å²) in [5.41, 5.74) is 0.0124. The van der Waals surface area contributed by atoms with Crippen LogP contribution in [-0.2, 0) is 6.54 Å². The third kappa shape index (κ3) is 2.27. The van der Waals surface area contributed by atoms with Crippen molar-refractivity contribution in [1.29, 1.82) is 0 Å². The van der Waals surface area contributed by atoms with E-state index >= 15 is 0 Å². The van der Waals surface area contributed by atoms with Crippen LogP contribution in [0.15, 0.2) is 24.4 Å². The predicted molar refractivity (Wildman–Crippen MR) is 60.1 cm³/mol. The van der Waals surface area contributed by atoms with Crippen molar-refractivity contribution in [2.75, 3.05) is 0 Å². The minimum Gasteiger partial charge on any atom is -0.287 e. The summed E-state index contributed by atoms with van der Waals surface area (Å²) in [5, 5.41) is 7.38. The summed E-state index contributed by atoms with van der Waals surface area (Å²) >= 11 is 0. The Hall–Kier alpha value is -2.11. The van der Waals surface area contributed by atoms with Gasteiger partial charge in [-0.15, -0.1) is 5.10 Å². The average Bonchev–Trinajstić information content (AvgIpc) is 2.77. The highest BCUT2D eigenvalue weighted by atomic mass is 19.1. The van der Waals surface area contributed by atoms with Crippen LogP contribution in [0.25, 0.3) is 0 Å². The van der Waals surface area contributed by atoms with Gasteiger partial charge in [-0.1, -0.05) is 12.1 Å². The quantitative estimate of drug-likeness (QED) is 0.782. The van der Waals surface area contributed by atoms with Crippen LogP contribution in [0.5, 0.6) is 0 Å². The fourth-order valence-corrected chi connectivity index (χ4v) is 1.62. The van der Waals surface area contributed by atoms with Gasteiger partial charge in [0.1, 0.15) is 17.3 Å². The van der Waals surface area contributed by atoms with Crippen LogP contribution in [0.4, 0.5) is 8.78 Å². The second kappa shape index (κ2) is 5.03. The van der Waals surface area contributed by atoms with Gasteiger partial charge in [0.2, 0.25) is 5.78 Å². The molecule has 18 heavy (non-hydrogen) atoms. The molecule has 0 atom stereocenters. The van der Waals surface area contributed by atoms with E-state index in [1.165, 1.54) is 10.9 Å². The lowest BCUT2D eigenvalue weighted by atomic mass is 10.1. The number of rotatable bonds is 4. The monoisotopic (exact) mass is 251 g/mol. The van der Waals surface area contributed by atoms with E-state index in [9.17, 15) is 13.6 Å². The molecule has 0 aliphatic rings. The molecule has 6 heteroatoms. The van der Waals surface area contributed by atoms with Crippen LogP contribution >= 0.6 is 0 Å². The summed E-state index contributed by atoms with van der Waals surface area (Å²) in [6.07, 6.45) is 2.05. The highest BCUT2D eigenvalue weighted by Crippen LogP contribution is 2.14. The number of halogens is 2. The largest absolute Gasteiger partial charge is 0.287 e. The molecule has 2 aromatic rings. The molecule has 0 N–H and O–H groups in total. The number of hydrogen-bond acceptors (Lipinski definition) is 3. The summed E-state index contributed by atoms with van der Waals surface area (Å²) in [7, 11) is 0. The molecule has 0 spiro atoms. The molecule has 0 radical (unpaired) electrons. The Labute approximate surface area is 102 Å². The number of ketones is 1. The lowest BCUT2D eigenvalue weighted by Crippen LogP contribution is -2.13. The number of carbonyl (C=O) groups is 1. The van der Waals surface area contributed by atoms with Crippen LogP contribution < -0.4 is 0 Å². The third-order valence-electron chi connectivity index (χ3n) is 2.46. The molecule has 0 aliphatic carbocycles. The molecule has 0 saturated heterocycles. The number of aromatic nitrogens is 3. The first-order valence-electron chi connectivity index (χ1n) is 5.51. The van der Waals surface area contributed by atoms with Gasteiger partial charge in [-0.25, -0.2) is 13.5 Å². The van der Waals surface area contributed by atoms with E-state index in [-0.39, 0.29) is 11.3 Å². The van der Waals surface area contributed by atoms with Crippen molar-refractivity contribution in [2.45, 2.75) is 19.9 Å². The number of benzene rings is 1. The van der Waals surface area contributed by atoms with Crippen LogP contribution in [0.3, 0.4) is 0 Å². The molecular formula is C12H11F2N3O. The SMILES string of the molecule is CCCn1nncc1C(=O)c1ccc(F)cc1F. The van der Waals surface area contributed by atoms with Crippen molar-refractivity contribution in [3.8, 4) is 0 Å². The Balaban J connectivity index is 2.38. The maximum atomic E-state index is 13.5. The van der Waals surface area contributed by atoms with Crippen LogP contribution in [-0.4, -0.2) is 20.8 Å². The van der Waals surface area contributed by atoms with Gasteiger partial charge in [-0.3, -0.25) is 4.79 Å². The molecule has 0 saturated carbocycles. The second-order valence-corrected chi connectivity index (χ2v) is 3.80. The fraction of sp³-hybridized carbons (Fsp3) is 0.250. The van der Waals surface area contributed by atoms with Gasteiger partial charge >= 0.3 is 0 Å². The van der Waals surface area contributed by atoms with Gasteiger partial charge < -0.3 is 0 Å². The summed E-state index contributed by atoms with van der Waals surface area (Å²) in [5.74, 6) is -2.15. The van der Waals surface area contributed by atoms with Crippen LogP contribution in [0.2, 0.25) is 0 Å². The maximum Gasteiger partial charge on any atom is 0.215 e. The Morgan fingerprint density at radius 3 is 2.83 bits per heavy atom. The second-order valence-electron chi connectivity index (χ2n) is 3.80. The highest BCUT2D eigenvalue weighted by Gasteiger charge is 2.18. The maximum absolute atomic E-state index is 13.5. The first kappa shape index (κ1) is 12.3. The van der Waals surface area contributed by atoms with Crippen molar-refractivity contribution in [2.24, 2.45) is 0 Å². The van der Waals surface area contributed by atoms with E-state index in [4.69, 9.17) is 0 Å². The van der Waals surface area contributed by atoms with Crippen molar-refractivity contribution >= 4 is 5.78 Å². The van der Waals surface area contributed by atoms with Gasteiger partial charge in [-0.2, -0.15) is 0 Å². The first-order chi connectivity index (χ1) is 8.63. The third-order valence-corrected chi connectivity index (χ3v) is 2.46. The lowest BCUT2D eigenvalue weighted by Gasteiger charge is -2.04. The molecule has 94 valence electrons. The molecule has 0 aliphatic heterocycles. The van der Waals surface area contributed by atoms with Crippen molar-refractivity contribution in [3.63, 3.8) is 0 Å². The zero-order valence-corrected chi connectivity index (χ0v) is 9.73. The van der Waals surface area contributed by atoms with E-state index < -0.39 is 17.4 Å². The predicted octanol–water partition coefficient (Wildman–Crippen LogP) is 2.20. The minimum absolute atomic E-state index is 0.184. The standard InChI is InChI=1S/C12H11F2N3O/c1-2-5-17-11(7-15-16-17)12(18)9-4-3-8(13)6-10(9)14/h3-4,6-7H,2,5H2,1H3. The van der Waals surface area contributed by atoms with Crippen molar-refractivity contribution in [1.82, 2.24) is 15.0 Å². The summed E-state index contributed by atoms with van der Waals surface area (Å²) in [6.45, 7) is 2.44. The number of aryl methyl sites for hydroxylation is 1. The molecule has 0 amide bonds. The zero-order chi connectivity index (χ0) is 13.1. The molecule has 4 nitrogen and oxygen atoms in total. The number of nitrogens with zero attached hydrogens (tertiary/aromatic N) is 3. The topological polar surface area (TPSA) is 47.8 Å². The lowest BCUT2D eigenvalue weighted by molar-refractivity contribution is 0.102. The molecule has 1 aromatic heterocycles. The smallest absolute Gasteiger partial charge is 0.215 e. The van der Waals surface area contributed by atoms with Crippen LogP contribution in [0.1, 0.15) is 29.4 Å². The summed E-state index contributed by atoms with van der Waals surface area (Å²) in [6, 6.07) is 2.85. The van der Waals surface area contributed by atoms with Gasteiger partial charge in [0, 0.05) is 12.6 Å². The minimum atomic E-state index is -0.885. The summed E-state index contributed by atoms with van der Waals surface area (Å²) < 4.78 is 27.7. The molecule has 1 heterocycles. The molecule has 2 rings (SSSR count). The van der Waals surface area contributed by atoms with Gasteiger partial charge in [0.05, 0.1) is 11.8 Å². The average molecular weight is 251 g/mol. The Bertz CT molecular complexity index is 580. The van der Waals surface area contributed by atoms with Crippen molar-refractivity contribution in [3.05, 3.63) is 47.3 Å². The number of hydrogen-bond donors (Lipinski definition) is 0. The Kier molecular flexibility index (Phi) is 3.45. The van der Waals surface area contributed by atoms with Crippen molar-refractivity contribution < 1.29 is 13.6 Å². The van der Waals surface area contributed by atoms with E-state index in [1.54, 1.807) is 0 Å². The Morgan fingerprint density at radius 1 is 1.39 bits per heavy atom. The first-order valence-corrected chi connectivity index (χ1v) is 5.51. The molecule has 0 bridgehead atoms. The molecular weight excluding hydrogens is 240 g/mol. The molecule has 1 aromatic carbocycles. The molecule has 0 fully saturated rings. The van der Waals surface area contributed by atoms with Gasteiger partial charge in [0.15, 0.2) is 0 Å². The zero-order valence-electron chi connectivity index (χ0n) is 9.73. The Morgan fingerprint density at radius 2 is 2.17 bits per heavy atom. The highest BCUT2D eigenvalue weighted by molar-refractivity contribution is 6.07. The fourth-order valence-electron chi connectivity index (χ4n) is 1.62. The van der Waals surface area contributed by atoms with Gasteiger partial charge in [-0.05, 0) is 18.6 Å². The van der Waals surface area contributed by atoms with E-state index in [2.05, 4.69) is 10.3 Å². The normalized spacial score (nSPS) is 10.6. The summed E-state index contributed by atoms with van der Waals surface area (Å²) in [4.78, 5) is 12.1. The van der Waals surface area contributed by atoms with Crippen LogP contribution in [0, 0.1) is 11.6 Å². The van der Waals surface area contributed by atoms with E-state index in [0.29, 0.717) is 12.6 Å². The van der Waals surface area contributed by atoms with Gasteiger partial charge in [0.25, 0.3) is 0 Å².